The number of carbonyl (C=O) groups excluding carboxylic acids is 1. The minimum absolute atomic E-state index is 0.00509. The third-order valence-electron chi connectivity index (χ3n) is 5.45. The molecular weight excluding hydrogens is 360 g/mol. The molecule has 1 aliphatic carbocycles. The Labute approximate surface area is 160 Å². The summed E-state index contributed by atoms with van der Waals surface area (Å²) in [4.78, 5) is 12.4. The van der Waals surface area contributed by atoms with Crippen molar-refractivity contribution in [2.24, 2.45) is 0 Å². The summed E-state index contributed by atoms with van der Waals surface area (Å²) in [5.41, 5.74) is 3.07. The van der Waals surface area contributed by atoms with E-state index in [9.17, 15) is 4.79 Å². The van der Waals surface area contributed by atoms with Gasteiger partial charge in [-0.3, -0.25) is 9.47 Å². The summed E-state index contributed by atoms with van der Waals surface area (Å²) in [6.07, 6.45) is 6.27. The summed E-state index contributed by atoms with van der Waals surface area (Å²) < 4.78 is 29.6. The minimum Gasteiger partial charge on any atom is -0.400 e. The van der Waals surface area contributed by atoms with Crippen LogP contribution in [0.3, 0.4) is 0 Å². The smallest absolute Gasteiger partial charge is 0.365 e. The number of ether oxygens (including phenoxy) is 5. The molecule has 0 bridgehead atoms. The second-order valence-electron chi connectivity index (χ2n) is 7.15. The SMILES string of the molecule is O=C1OC2(OC34C=CC(Cc5ccccc5)=CC3(OCO4)O2)c2ccccc21. The predicted molar refractivity (Wildman–Crippen MR) is 95.6 cm³/mol. The number of esters is 1. The fourth-order valence-corrected chi connectivity index (χ4v) is 4.16. The van der Waals surface area contributed by atoms with Gasteiger partial charge >= 0.3 is 11.9 Å². The first-order chi connectivity index (χ1) is 13.6. The van der Waals surface area contributed by atoms with Crippen molar-refractivity contribution in [1.29, 1.82) is 0 Å². The van der Waals surface area contributed by atoms with Gasteiger partial charge in [-0.2, -0.15) is 0 Å². The molecule has 140 valence electrons. The average molecular weight is 376 g/mol. The van der Waals surface area contributed by atoms with Gasteiger partial charge in [0.25, 0.3) is 11.6 Å². The van der Waals surface area contributed by atoms with Gasteiger partial charge in [0.1, 0.15) is 0 Å². The first-order valence-corrected chi connectivity index (χ1v) is 9.10. The van der Waals surface area contributed by atoms with Crippen LogP contribution in [0.2, 0.25) is 0 Å². The van der Waals surface area contributed by atoms with Crippen molar-refractivity contribution >= 4 is 5.97 Å². The molecule has 0 amide bonds. The first kappa shape index (κ1) is 16.2. The Morgan fingerprint density at radius 2 is 1.64 bits per heavy atom. The molecule has 2 aromatic carbocycles. The van der Waals surface area contributed by atoms with Crippen LogP contribution in [-0.2, 0) is 36.1 Å². The highest BCUT2D eigenvalue weighted by atomic mass is 17.0. The fourth-order valence-electron chi connectivity index (χ4n) is 4.16. The number of hydrogen-bond donors (Lipinski definition) is 0. The third kappa shape index (κ3) is 2.03. The zero-order valence-electron chi connectivity index (χ0n) is 14.8. The van der Waals surface area contributed by atoms with Crippen molar-refractivity contribution in [1.82, 2.24) is 0 Å². The Balaban J connectivity index is 1.42. The van der Waals surface area contributed by atoms with E-state index in [1.807, 2.05) is 30.4 Å². The Morgan fingerprint density at radius 1 is 0.893 bits per heavy atom. The maximum atomic E-state index is 12.4. The van der Waals surface area contributed by atoms with Crippen molar-refractivity contribution < 1.29 is 28.5 Å². The number of benzene rings is 2. The summed E-state index contributed by atoms with van der Waals surface area (Å²) in [5.74, 6) is -4.84. The van der Waals surface area contributed by atoms with E-state index in [4.69, 9.17) is 23.7 Å². The van der Waals surface area contributed by atoms with Crippen LogP contribution in [-0.4, -0.2) is 24.3 Å². The van der Waals surface area contributed by atoms with Crippen LogP contribution in [0.15, 0.2) is 78.4 Å². The molecule has 2 aromatic rings. The second-order valence-corrected chi connectivity index (χ2v) is 7.15. The highest BCUT2D eigenvalue weighted by molar-refractivity contribution is 5.94. The van der Waals surface area contributed by atoms with Crippen LogP contribution in [0.5, 0.6) is 0 Å². The molecule has 28 heavy (non-hydrogen) atoms. The molecule has 4 aliphatic rings. The van der Waals surface area contributed by atoms with Crippen LogP contribution in [0.4, 0.5) is 0 Å². The Hall–Kier alpha value is -2.77. The van der Waals surface area contributed by atoms with E-state index in [0.29, 0.717) is 17.5 Å². The third-order valence-corrected chi connectivity index (χ3v) is 5.45. The Bertz CT molecular complexity index is 1040. The molecule has 0 N–H and O–H groups in total. The largest absolute Gasteiger partial charge is 0.400 e. The summed E-state index contributed by atoms with van der Waals surface area (Å²) in [5, 5.41) is 0. The van der Waals surface area contributed by atoms with E-state index < -0.39 is 23.5 Å². The van der Waals surface area contributed by atoms with Gasteiger partial charge < -0.3 is 14.2 Å². The molecule has 6 rings (SSSR count). The van der Waals surface area contributed by atoms with Gasteiger partial charge in [0.15, 0.2) is 6.79 Å². The first-order valence-electron chi connectivity index (χ1n) is 9.10. The number of carbonyl (C=O) groups is 1. The number of rotatable bonds is 2. The van der Waals surface area contributed by atoms with Crippen LogP contribution in [0.1, 0.15) is 21.5 Å². The van der Waals surface area contributed by atoms with Crippen molar-refractivity contribution in [3.8, 4) is 0 Å². The van der Waals surface area contributed by atoms with Crippen molar-refractivity contribution in [3.05, 3.63) is 95.1 Å². The second kappa shape index (κ2) is 5.40. The van der Waals surface area contributed by atoms with Crippen LogP contribution in [0, 0.1) is 0 Å². The molecule has 0 aromatic heterocycles. The van der Waals surface area contributed by atoms with E-state index >= 15 is 0 Å². The highest BCUT2D eigenvalue weighted by Gasteiger charge is 2.75. The topological polar surface area (TPSA) is 63.2 Å². The molecule has 1 spiro atoms. The molecule has 6 nitrogen and oxygen atoms in total. The Kier molecular flexibility index (Phi) is 3.12. The van der Waals surface area contributed by atoms with Crippen molar-refractivity contribution in [3.63, 3.8) is 0 Å². The van der Waals surface area contributed by atoms with Gasteiger partial charge in [-0.1, -0.05) is 48.5 Å². The van der Waals surface area contributed by atoms with E-state index in [1.54, 1.807) is 30.3 Å². The maximum absolute atomic E-state index is 12.4. The zero-order chi connectivity index (χ0) is 18.8. The van der Waals surface area contributed by atoms with Crippen LogP contribution in [0.25, 0.3) is 0 Å². The van der Waals surface area contributed by atoms with E-state index in [-0.39, 0.29) is 6.79 Å². The molecule has 2 fully saturated rings. The minimum atomic E-state index is -1.70. The molecule has 6 heteroatoms. The predicted octanol–water partition coefficient (Wildman–Crippen LogP) is 3.15. The summed E-state index contributed by atoms with van der Waals surface area (Å²) in [7, 11) is 0. The van der Waals surface area contributed by atoms with Crippen LogP contribution >= 0.6 is 0 Å². The molecule has 0 saturated carbocycles. The highest BCUT2D eigenvalue weighted by Crippen LogP contribution is 2.59. The summed E-state index contributed by atoms with van der Waals surface area (Å²) in [6.45, 7) is 0.00509. The monoisotopic (exact) mass is 376 g/mol. The lowest BCUT2D eigenvalue weighted by molar-refractivity contribution is -0.369. The van der Waals surface area contributed by atoms with Gasteiger partial charge in [0.2, 0.25) is 0 Å². The van der Waals surface area contributed by atoms with E-state index in [0.717, 1.165) is 11.1 Å². The lowest BCUT2D eigenvalue weighted by Gasteiger charge is -2.31. The number of fused-ring (bicyclic) bond motifs is 2. The van der Waals surface area contributed by atoms with Crippen molar-refractivity contribution in [2.75, 3.05) is 6.79 Å². The number of hydrogen-bond acceptors (Lipinski definition) is 6. The van der Waals surface area contributed by atoms with Crippen LogP contribution < -0.4 is 0 Å². The summed E-state index contributed by atoms with van der Waals surface area (Å²) in [6, 6.07) is 17.1. The molecular formula is C22H16O6. The number of allylic oxidation sites excluding steroid dienone is 2. The molecule has 3 atom stereocenters. The standard InChI is InChI=1S/C22H16O6/c23-19-17-8-4-5-9-18(17)22(26-19)27-20-11-10-16(12-15-6-2-1-3-7-15)13-21(20,28-22)25-14-24-20/h1-11,13H,12,14H2. The van der Waals surface area contributed by atoms with E-state index in [2.05, 4.69) is 12.1 Å². The maximum Gasteiger partial charge on any atom is 0.365 e. The zero-order valence-corrected chi connectivity index (χ0v) is 14.8. The molecule has 3 unspecified atom stereocenters. The quantitative estimate of drug-likeness (QED) is 0.751. The van der Waals surface area contributed by atoms with E-state index in [1.165, 1.54) is 0 Å². The van der Waals surface area contributed by atoms with Gasteiger partial charge in [0.05, 0.1) is 11.1 Å². The fraction of sp³-hybridized carbons (Fsp3) is 0.227. The Morgan fingerprint density at radius 3 is 2.54 bits per heavy atom. The lowest BCUT2D eigenvalue weighted by atomic mass is 9.92. The van der Waals surface area contributed by atoms with Gasteiger partial charge in [0, 0.05) is 0 Å². The molecule has 3 aliphatic heterocycles. The molecule has 0 radical (unpaired) electrons. The summed E-state index contributed by atoms with van der Waals surface area (Å²) >= 11 is 0. The van der Waals surface area contributed by atoms with Gasteiger partial charge in [-0.05, 0) is 41.8 Å². The lowest BCUT2D eigenvalue weighted by Crippen LogP contribution is -2.48. The van der Waals surface area contributed by atoms with Crippen molar-refractivity contribution in [2.45, 2.75) is 24.0 Å². The normalized spacial score (nSPS) is 34.7. The molecule has 3 heterocycles. The average Bonchev–Trinajstić information content (AvgIpc) is 3.28. The van der Waals surface area contributed by atoms with Gasteiger partial charge in [-0.15, -0.1) is 0 Å². The van der Waals surface area contributed by atoms with Gasteiger partial charge in [-0.25, -0.2) is 4.79 Å². The molecule has 2 saturated heterocycles.